The van der Waals surface area contributed by atoms with Gasteiger partial charge in [0.15, 0.2) is 0 Å². The summed E-state index contributed by atoms with van der Waals surface area (Å²) in [4.78, 5) is 2.31. The summed E-state index contributed by atoms with van der Waals surface area (Å²) in [7, 11) is 0. The topological polar surface area (TPSA) is 35.5 Å². The second-order valence-corrected chi connectivity index (χ2v) is 5.49. The summed E-state index contributed by atoms with van der Waals surface area (Å²) in [6, 6.07) is 11.0. The number of hydrogen-bond acceptors (Lipinski definition) is 3. The fourth-order valence-corrected chi connectivity index (χ4v) is 2.79. The summed E-state index contributed by atoms with van der Waals surface area (Å²) >= 11 is 0. The molecule has 0 amide bonds. The quantitative estimate of drug-likeness (QED) is 0.766. The molecule has 1 heterocycles. The van der Waals surface area contributed by atoms with Gasteiger partial charge in [0, 0.05) is 25.2 Å². The molecule has 0 saturated carbocycles. The lowest BCUT2D eigenvalue weighted by atomic mass is 10.0. The summed E-state index contributed by atoms with van der Waals surface area (Å²) in [5.74, 6) is 2.70. The number of aliphatic hydroxyl groups excluding tert-OH is 1. The smallest absolute Gasteiger partial charge is 0.0598 e. The molecule has 3 heteroatoms. The van der Waals surface area contributed by atoms with Crippen LogP contribution in [0.25, 0.3) is 0 Å². The van der Waals surface area contributed by atoms with Gasteiger partial charge in [0.2, 0.25) is 0 Å². The predicted octanol–water partition coefficient (Wildman–Crippen LogP) is 1.28. The van der Waals surface area contributed by atoms with E-state index in [2.05, 4.69) is 28.3 Å². The molecule has 0 bridgehead atoms. The molecule has 20 heavy (non-hydrogen) atoms. The number of rotatable bonds is 6. The van der Waals surface area contributed by atoms with Gasteiger partial charge in [-0.05, 0) is 24.8 Å². The molecular formula is C17H24N2O. The lowest BCUT2D eigenvalue weighted by molar-refractivity contribution is 0.182. The fourth-order valence-electron chi connectivity index (χ4n) is 2.79. The molecule has 2 rings (SSSR count). The van der Waals surface area contributed by atoms with Gasteiger partial charge in [0.25, 0.3) is 0 Å². The van der Waals surface area contributed by atoms with Crippen molar-refractivity contribution in [3.8, 4) is 12.3 Å². The summed E-state index contributed by atoms with van der Waals surface area (Å²) in [5, 5.41) is 13.1. The van der Waals surface area contributed by atoms with E-state index >= 15 is 0 Å². The van der Waals surface area contributed by atoms with Crippen molar-refractivity contribution in [3.63, 3.8) is 0 Å². The van der Waals surface area contributed by atoms with Crippen molar-refractivity contribution in [2.24, 2.45) is 0 Å². The Morgan fingerprint density at radius 2 is 2.00 bits per heavy atom. The zero-order chi connectivity index (χ0) is 14.2. The highest BCUT2D eigenvalue weighted by atomic mass is 16.3. The Hall–Kier alpha value is -1.34. The Kier molecular flexibility index (Phi) is 6.07. The Balaban J connectivity index is 1.78. The first-order chi connectivity index (χ1) is 9.81. The summed E-state index contributed by atoms with van der Waals surface area (Å²) in [6.07, 6.45) is 8.43. The molecule has 0 aromatic heterocycles. The first-order valence-corrected chi connectivity index (χ1v) is 7.38. The van der Waals surface area contributed by atoms with Gasteiger partial charge in [0.1, 0.15) is 0 Å². The highest BCUT2D eigenvalue weighted by Gasteiger charge is 2.21. The molecule has 0 aliphatic carbocycles. The van der Waals surface area contributed by atoms with Crippen LogP contribution in [-0.2, 0) is 6.42 Å². The fraction of sp³-hybridized carbons (Fsp3) is 0.529. The van der Waals surface area contributed by atoms with Gasteiger partial charge in [-0.25, -0.2) is 0 Å². The van der Waals surface area contributed by atoms with Crippen molar-refractivity contribution in [3.05, 3.63) is 35.9 Å². The number of nitrogens with one attached hydrogen (secondary N) is 1. The van der Waals surface area contributed by atoms with E-state index in [0.717, 1.165) is 38.9 Å². The number of nitrogens with zero attached hydrogens (tertiary/aromatic N) is 1. The molecule has 1 aromatic carbocycles. The Bertz CT molecular complexity index is 418. The summed E-state index contributed by atoms with van der Waals surface area (Å²) in [5.41, 5.74) is 1.27. The van der Waals surface area contributed by atoms with Crippen molar-refractivity contribution in [2.75, 3.05) is 26.2 Å². The molecule has 0 spiro atoms. The average Bonchev–Trinajstić information content (AvgIpc) is 2.50. The SMILES string of the molecule is C#CCN1CCC(NC(CO)Cc2ccccc2)CC1. The Morgan fingerprint density at radius 3 is 2.60 bits per heavy atom. The van der Waals surface area contributed by atoms with Crippen molar-refractivity contribution < 1.29 is 5.11 Å². The summed E-state index contributed by atoms with van der Waals surface area (Å²) in [6.45, 7) is 3.02. The Morgan fingerprint density at radius 1 is 1.30 bits per heavy atom. The van der Waals surface area contributed by atoms with Crippen LogP contribution in [0.2, 0.25) is 0 Å². The minimum absolute atomic E-state index is 0.140. The van der Waals surface area contributed by atoms with E-state index in [4.69, 9.17) is 6.42 Å². The van der Waals surface area contributed by atoms with Crippen molar-refractivity contribution in [1.82, 2.24) is 10.2 Å². The largest absolute Gasteiger partial charge is 0.395 e. The predicted molar refractivity (Wildman–Crippen MR) is 82.5 cm³/mol. The van der Waals surface area contributed by atoms with Crippen LogP contribution < -0.4 is 5.32 Å². The van der Waals surface area contributed by atoms with Crippen LogP contribution in [0.5, 0.6) is 0 Å². The van der Waals surface area contributed by atoms with E-state index in [9.17, 15) is 5.11 Å². The average molecular weight is 272 g/mol. The number of hydrogen-bond donors (Lipinski definition) is 2. The minimum Gasteiger partial charge on any atom is -0.395 e. The molecule has 3 nitrogen and oxygen atoms in total. The van der Waals surface area contributed by atoms with Gasteiger partial charge in [-0.2, -0.15) is 0 Å². The van der Waals surface area contributed by atoms with Crippen LogP contribution >= 0.6 is 0 Å². The maximum absolute atomic E-state index is 9.55. The van der Waals surface area contributed by atoms with Crippen LogP contribution in [0.15, 0.2) is 30.3 Å². The molecule has 108 valence electrons. The van der Waals surface area contributed by atoms with Crippen molar-refractivity contribution >= 4 is 0 Å². The molecule has 1 unspecified atom stereocenters. The molecule has 1 aliphatic rings. The number of benzene rings is 1. The maximum atomic E-state index is 9.55. The minimum atomic E-state index is 0.140. The van der Waals surface area contributed by atoms with Gasteiger partial charge in [-0.15, -0.1) is 6.42 Å². The molecule has 2 N–H and O–H groups in total. The van der Waals surface area contributed by atoms with Gasteiger partial charge in [-0.3, -0.25) is 4.90 Å². The van der Waals surface area contributed by atoms with Gasteiger partial charge >= 0.3 is 0 Å². The van der Waals surface area contributed by atoms with Crippen LogP contribution in [0.3, 0.4) is 0 Å². The Labute approximate surface area is 122 Å². The molecule has 1 saturated heterocycles. The van der Waals surface area contributed by atoms with Crippen molar-refractivity contribution in [2.45, 2.75) is 31.3 Å². The third-order valence-electron chi connectivity index (χ3n) is 3.92. The molecule has 1 fully saturated rings. The van der Waals surface area contributed by atoms with E-state index in [-0.39, 0.29) is 12.6 Å². The number of terminal acetylenes is 1. The molecule has 1 atom stereocenters. The van der Waals surface area contributed by atoms with E-state index < -0.39 is 0 Å². The lowest BCUT2D eigenvalue weighted by Gasteiger charge is -2.33. The summed E-state index contributed by atoms with van der Waals surface area (Å²) < 4.78 is 0. The molecular weight excluding hydrogens is 248 g/mol. The number of aliphatic hydroxyl groups is 1. The van der Waals surface area contributed by atoms with Crippen LogP contribution in [0, 0.1) is 12.3 Å². The van der Waals surface area contributed by atoms with Gasteiger partial charge in [0.05, 0.1) is 13.2 Å². The highest BCUT2D eigenvalue weighted by Crippen LogP contribution is 2.12. The zero-order valence-corrected chi connectivity index (χ0v) is 12.0. The van der Waals surface area contributed by atoms with E-state index in [0.29, 0.717) is 6.04 Å². The highest BCUT2D eigenvalue weighted by molar-refractivity contribution is 5.16. The van der Waals surface area contributed by atoms with Crippen LogP contribution in [0.4, 0.5) is 0 Å². The van der Waals surface area contributed by atoms with Gasteiger partial charge in [-0.1, -0.05) is 36.3 Å². The van der Waals surface area contributed by atoms with Gasteiger partial charge < -0.3 is 10.4 Å². The first-order valence-electron chi connectivity index (χ1n) is 7.38. The van der Waals surface area contributed by atoms with Crippen LogP contribution in [-0.4, -0.2) is 48.3 Å². The number of likely N-dealkylation sites (tertiary alicyclic amines) is 1. The lowest BCUT2D eigenvalue weighted by Crippen LogP contribution is -2.48. The standard InChI is InChI=1S/C17H24N2O/c1-2-10-19-11-8-16(9-12-19)18-17(14-20)13-15-6-4-3-5-7-15/h1,3-7,16-18,20H,8-14H2. The normalized spacial score (nSPS) is 18.6. The third-order valence-corrected chi connectivity index (χ3v) is 3.92. The second kappa shape index (κ2) is 8.06. The zero-order valence-electron chi connectivity index (χ0n) is 12.0. The molecule has 1 aromatic rings. The molecule has 1 aliphatic heterocycles. The molecule has 0 radical (unpaired) electrons. The second-order valence-electron chi connectivity index (χ2n) is 5.49. The first kappa shape index (κ1) is 15.1. The third kappa shape index (κ3) is 4.64. The maximum Gasteiger partial charge on any atom is 0.0598 e. The number of piperidine rings is 1. The van der Waals surface area contributed by atoms with E-state index in [1.165, 1.54) is 5.56 Å². The van der Waals surface area contributed by atoms with E-state index in [1.54, 1.807) is 0 Å². The monoisotopic (exact) mass is 272 g/mol. The van der Waals surface area contributed by atoms with Crippen LogP contribution in [0.1, 0.15) is 18.4 Å². The van der Waals surface area contributed by atoms with E-state index in [1.807, 2.05) is 18.2 Å². The van der Waals surface area contributed by atoms with Crippen molar-refractivity contribution in [1.29, 1.82) is 0 Å².